The molecule has 5 aromatic heterocycles. The molecule has 180 valence electrons. The van der Waals surface area contributed by atoms with Gasteiger partial charge in [0.25, 0.3) is 0 Å². The van der Waals surface area contributed by atoms with Gasteiger partial charge in [0.15, 0.2) is 5.82 Å². The Hall–Kier alpha value is -4.14. The number of hydrogen-bond donors (Lipinski definition) is 2. The molecule has 9 heteroatoms. The monoisotopic (exact) mass is 482 g/mol. The smallest absolute Gasteiger partial charge is 0.308 e. The van der Waals surface area contributed by atoms with Crippen LogP contribution in [0.3, 0.4) is 0 Å². The average Bonchev–Trinajstić information content (AvgIpc) is 3.50. The van der Waals surface area contributed by atoms with Gasteiger partial charge < -0.3 is 14.7 Å². The maximum Gasteiger partial charge on any atom is 0.308 e. The van der Waals surface area contributed by atoms with Gasteiger partial charge in [-0.15, -0.1) is 0 Å². The Morgan fingerprint density at radius 1 is 1.03 bits per heavy atom. The topological polar surface area (TPSA) is 110 Å². The van der Waals surface area contributed by atoms with Crippen LogP contribution in [0.5, 0.6) is 0 Å². The summed E-state index contributed by atoms with van der Waals surface area (Å²) in [5.74, 6) is -0.743. The Bertz CT molecular complexity index is 1620. The Kier molecular flexibility index (Phi) is 4.67. The molecule has 0 saturated heterocycles. The average molecular weight is 483 g/mol. The van der Waals surface area contributed by atoms with Gasteiger partial charge in [0.05, 0.1) is 18.2 Å². The highest BCUT2D eigenvalue weighted by molar-refractivity contribution is 5.96. The Labute approximate surface area is 205 Å². The number of carbonyl (C=O) groups is 1. The number of aliphatic carboxylic acids is 1. The maximum atomic E-state index is 14.0. The summed E-state index contributed by atoms with van der Waals surface area (Å²) < 4.78 is 16.1. The predicted octanol–water partition coefficient (Wildman–Crippen LogP) is 5.24. The summed E-state index contributed by atoms with van der Waals surface area (Å²) in [7, 11) is 0. The number of H-pyrrole nitrogens is 1. The molecule has 2 atom stereocenters. The van der Waals surface area contributed by atoms with Crippen LogP contribution in [-0.2, 0) is 4.79 Å². The lowest BCUT2D eigenvalue weighted by molar-refractivity contribution is -0.151. The molecule has 5 heterocycles. The van der Waals surface area contributed by atoms with Gasteiger partial charge in [-0.1, -0.05) is 0 Å². The largest absolute Gasteiger partial charge is 0.481 e. The van der Waals surface area contributed by atoms with Crippen molar-refractivity contribution in [1.82, 2.24) is 29.5 Å². The van der Waals surface area contributed by atoms with Crippen molar-refractivity contribution in [2.45, 2.75) is 31.7 Å². The van der Waals surface area contributed by atoms with Crippen molar-refractivity contribution in [2.24, 2.45) is 17.8 Å². The van der Waals surface area contributed by atoms with Gasteiger partial charge >= 0.3 is 5.97 Å². The number of nitrogens with zero attached hydrogens (tertiary/aromatic N) is 5. The summed E-state index contributed by atoms with van der Waals surface area (Å²) in [4.78, 5) is 33.4. The molecule has 0 unspecified atom stereocenters. The number of hydrogen-bond acceptors (Lipinski definition) is 5. The van der Waals surface area contributed by atoms with Gasteiger partial charge in [-0.05, 0) is 61.3 Å². The normalized spacial score (nSPS) is 23.5. The number of aromatic nitrogens is 6. The zero-order chi connectivity index (χ0) is 24.4. The van der Waals surface area contributed by atoms with Crippen LogP contribution in [0.15, 0.2) is 55.4 Å². The number of fused-ring (bicyclic) bond motifs is 5. The van der Waals surface area contributed by atoms with E-state index in [4.69, 9.17) is 4.98 Å². The molecule has 0 amide bonds. The molecule has 0 radical (unpaired) electrons. The minimum atomic E-state index is -0.742. The third-order valence-electron chi connectivity index (χ3n) is 8.08. The van der Waals surface area contributed by atoms with E-state index < -0.39 is 17.7 Å². The number of halogens is 1. The highest BCUT2D eigenvalue weighted by Crippen LogP contribution is 2.52. The highest BCUT2D eigenvalue weighted by Gasteiger charge is 2.48. The zero-order valence-electron chi connectivity index (χ0n) is 19.3. The second-order valence-corrected chi connectivity index (χ2v) is 9.90. The lowest BCUT2D eigenvalue weighted by atomic mass is 9.61. The van der Waals surface area contributed by atoms with E-state index in [0.29, 0.717) is 28.1 Å². The van der Waals surface area contributed by atoms with E-state index in [1.54, 1.807) is 24.8 Å². The van der Waals surface area contributed by atoms with E-state index in [0.717, 1.165) is 42.2 Å². The maximum absolute atomic E-state index is 14.0. The molecular formula is C27H23FN6O2. The molecule has 3 aliphatic rings. The standard InChI is InChI=1S/C27H23FN6O2/c28-17-9-18-19(11-31-24(18)30-10-17)25-32-12-20-21(14-5-7-29-8-6-14)13-34(26(20)33-25)23-16-3-1-15(2-4-16)22(23)27(35)36/h5-13,15-16,22-23H,1-4H2,(H,30,31)(H,35,36)/t15?,16?,22-,23-/m1/s1. The Morgan fingerprint density at radius 3 is 2.58 bits per heavy atom. The Morgan fingerprint density at radius 2 is 1.81 bits per heavy atom. The van der Waals surface area contributed by atoms with E-state index in [-0.39, 0.29) is 17.9 Å². The van der Waals surface area contributed by atoms with Gasteiger partial charge in [0.1, 0.15) is 17.1 Å². The van der Waals surface area contributed by atoms with E-state index in [2.05, 4.69) is 24.5 Å². The summed E-state index contributed by atoms with van der Waals surface area (Å²) in [5.41, 5.74) is 3.80. The molecule has 8 rings (SSSR count). The number of aromatic amines is 1. The first-order valence-electron chi connectivity index (χ1n) is 12.2. The Balaban J connectivity index is 1.47. The quantitative estimate of drug-likeness (QED) is 0.363. The molecule has 3 saturated carbocycles. The number of rotatable bonds is 4. The van der Waals surface area contributed by atoms with E-state index in [9.17, 15) is 14.3 Å². The molecule has 3 fully saturated rings. The van der Waals surface area contributed by atoms with Crippen LogP contribution < -0.4 is 0 Å². The predicted molar refractivity (Wildman–Crippen MR) is 131 cm³/mol. The van der Waals surface area contributed by atoms with Gasteiger partial charge in [-0.25, -0.2) is 19.3 Å². The summed E-state index contributed by atoms with van der Waals surface area (Å²) in [6.07, 6.45) is 14.2. The van der Waals surface area contributed by atoms with Crippen LogP contribution in [0.2, 0.25) is 0 Å². The van der Waals surface area contributed by atoms with Gasteiger partial charge in [-0.3, -0.25) is 9.78 Å². The van der Waals surface area contributed by atoms with Gasteiger partial charge in [0.2, 0.25) is 0 Å². The third kappa shape index (κ3) is 3.15. The second kappa shape index (κ2) is 7.94. The summed E-state index contributed by atoms with van der Waals surface area (Å²) >= 11 is 0. The lowest BCUT2D eigenvalue weighted by Gasteiger charge is -2.47. The van der Waals surface area contributed by atoms with Crippen LogP contribution in [0.25, 0.3) is 44.6 Å². The first-order valence-corrected chi connectivity index (χ1v) is 12.2. The van der Waals surface area contributed by atoms with Crippen LogP contribution in [0.4, 0.5) is 4.39 Å². The highest BCUT2D eigenvalue weighted by atomic mass is 19.1. The van der Waals surface area contributed by atoms with Crippen molar-refractivity contribution in [3.63, 3.8) is 0 Å². The van der Waals surface area contributed by atoms with Crippen molar-refractivity contribution in [3.05, 3.63) is 61.2 Å². The number of carboxylic acid groups (broad SMARTS) is 1. The summed E-state index contributed by atoms with van der Waals surface area (Å²) in [6.45, 7) is 0. The second-order valence-electron chi connectivity index (χ2n) is 9.90. The molecule has 36 heavy (non-hydrogen) atoms. The summed E-state index contributed by atoms with van der Waals surface area (Å²) in [5, 5.41) is 11.7. The third-order valence-corrected chi connectivity index (χ3v) is 8.08. The van der Waals surface area contributed by atoms with Crippen LogP contribution in [-0.4, -0.2) is 40.6 Å². The molecule has 0 spiro atoms. The number of pyridine rings is 2. The fourth-order valence-electron chi connectivity index (χ4n) is 6.48. The minimum Gasteiger partial charge on any atom is -0.481 e. The molecule has 8 nitrogen and oxygen atoms in total. The van der Waals surface area contributed by atoms with Crippen LogP contribution in [0, 0.1) is 23.6 Å². The van der Waals surface area contributed by atoms with E-state index in [1.807, 2.05) is 18.3 Å². The van der Waals surface area contributed by atoms with Crippen molar-refractivity contribution in [3.8, 4) is 22.5 Å². The zero-order valence-corrected chi connectivity index (χ0v) is 19.3. The molecule has 0 aromatic carbocycles. The van der Waals surface area contributed by atoms with Crippen molar-refractivity contribution >= 4 is 28.0 Å². The van der Waals surface area contributed by atoms with Crippen molar-refractivity contribution in [2.75, 3.05) is 0 Å². The van der Waals surface area contributed by atoms with Crippen molar-refractivity contribution < 1.29 is 14.3 Å². The van der Waals surface area contributed by atoms with E-state index >= 15 is 0 Å². The van der Waals surface area contributed by atoms with Gasteiger partial charge in [0, 0.05) is 52.9 Å². The van der Waals surface area contributed by atoms with Crippen LogP contribution >= 0.6 is 0 Å². The molecule has 3 aliphatic carbocycles. The number of nitrogens with one attached hydrogen (secondary N) is 1. The van der Waals surface area contributed by atoms with Gasteiger partial charge in [-0.2, -0.15) is 0 Å². The molecule has 2 bridgehead atoms. The number of carboxylic acids is 1. The first-order chi connectivity index (χ1) is 17.6. The summed E-state index contributed by atoms with van der Waals surface area (Å²) in [6, 6.07) is 5.10. The minimum absolute atomic E-state index is 0.170. The molecule has 0 aliphatic heterocycles. The SMILES string of the molecule is O=C(O)[C@@H]1C2CCC(CC2)[C@H]1n1cc(-c2ccncc2)c2cnc(-c3c[nH]c4ncc(F)cc34)nc21. The van der Waals surface area contributed by atoms with Crippen LogP contribution in [0.1, 0.15) is 31.7 Å². The van der Waals surface area contributed by atoms with Crippen molar-refractivity contribution in [1.29, 1.82) is 0 Å². The van der Waals surface area contributed by atoms with E-state index in [1.165, 1.54) is 12.3 Å². The lowest BCUT2D eigenvalue weighted by Crippen LogP contribution is -2.44. The fraction of sp³-hybridized carbons (Fsp3) is 0.296. The molecule has 5 aromatic rings. The fourth-order valence-corrected chi connectivity index (χ4v) is 6.48. The first kappa shape index (κ1) is 21.2. The molecule has 2 N–H and O–H groups in total. The molecular weight excluding hydrogens is 459 g/mol.